The second-order valence-electron chi connectivity index (χ2n) is 8.24. The fourth-order valence-electron chi connectivity index (χ4n) is 3.14. The van der Waals surface area contributed by atoms with Crippen molar-refractivity contribution in [1.29, 1.82) is 0 Å². The van der Waals surface area contributed by atoms with Crippen molar-refractivity contribution in [2.24, 2.45) is 0 Å². The first kappa shape index (κ1) is 21.4. The number of para-hydroxylation sites is 1. The zero-order valence-corrected chi connectivity index (χ0v) is 17.2. The number of carbonyl (C=O) groups is 2. The molecule has 0 saturated heterocycles. The monoisotopic (exact) mass is 415 g/mol. The number of H-pyrrole nitrogens is 1. The Bertz CT molecular complexity index is 1090. The summed E-state index contributed by atoms with van der Waals surface area (Å²) < 4.78 is 11.7. The molecule has 30 heavy (non-hydrogen) atoms. The summed E-state index contributed by atoms with van der Waals surface area (Å²) in [6.45, 7) is 4.99. The van der Waals surface area contributed by atoms with Gasteiger partial charge >= 0.3 is 11.7 Å². The van der Waals surface area contributed by atoms with Crippen molar-refractivity contribution in [2.45, 2.75) is 45.1 Å². The maximum Gasteiger partial charge on any atom is 0.344 e. The smallest absolute Gasteiger partial charge is 0.344 e. The van der Waals surface area contributed by atoms with E-state index in [4.69, 9.17) is 15.2 Å². The van der Waals surface area contributed by atoms with Crippen molar-refractivity contribution in [1.82, 2.24) is 9.55 Å². The molecule has 2 aromatic rings. The Labute approximate surface area is 172 Å². The van der Waals surface area contributed by atoms with Crippen LogP contribution in [0, 0.1) is 0 Å². The Balaban J connectivity index is 1.64. The minimum Gasteiger partial charge on any atom is -0.482 e. The standard InChI is InChI=1S/C21H25N3O6/c1-21(2,3)13-6-4-5-7-15(13)29-11-16(26)30-10-14(25)17-18(22)24(12-8-9-12)20(28)23-19(17)27/h4-7,12H,8-11,22H2,1-3H3,(H,23,27,28). The van der Waals surface area contributed by atoms with Gasteiger partial charge in [-0.15, -0.1) is 0 Å². The van der Waals surface area contributed by atoms with Crippen LogP contribution >= 0.6 is 0 Å². The Morgan fingerprint density at radius 2 is 1.83 bits per heavy atom. The van der Waals surface area contributed by atoms with Gasteiger partial charge in [-0.05, 0) is 29.9 Å². The molecule has 0 spiro atoms. The SMILES string of the molecule is CC(C)(C)c1ccccc1OCC(=O)OCC(=O)c1c(N)n(C2CC2)c(=O)[nH]c1=O. The Morgan fingerprint density at radius 1 is 1.17 bits per heavy atom. The third kappa shape index (κ3) is 4.61. The van der Waals surface area contributed by atoms with Gasteiger partial charge in [-0.25, -0.2) is 9.59 Å². The summed E-state index contributed by atoms with van der Waals surface area (Å²) in [6.07, 6.45) is 1.48. The average Bonchev–Trinajstić information content (AvgIpc) is 3.48. The minimum atomic E-state index is -0.897. The highest BCUT2D eigenvalue weighted by Crippen LogP contribution is 2.35. The number of Topliss-reactive ketones (excluding diaryl/α,β-unsaturated/α-hetero) is 1. The molecule has 1 saturated carbocycles. The van der Waals surface area contributed by atoms with Crippen LogP contribution in [0.25, 0.3) is 0 Å². The molecule has 1 fully saturated rings. The van der Waals surface area contributed by atoms with Gasteiger partial charge in [0.25, 0.3) is 5.56 Å². The number of nitrogens with one attached hydrogen (secondary N) is 1. The largest absolute Gasteiger partial charge is 0.482 e. The molecule has 0 unspecified atom stereocenters. The van der Waals surface area contributed by atoms with E-state index in [1.165, 1.54) is 4.57 Å². The third-order valence-electron chi connectivity index (χ3n) is 4.78. The fourth-order valence-corrected chi connectivity index (χ4v) is 3.14. The number of nitrogen functional groups attached to an aromatic ring is 1. The summed E-state index contributed by atoms with van der Waals surface area (Å²) in [5, 5.41) is 0. The van der Waals surface area contributed by atoms with Crippen molar-refractivity contribution in [2.75, 3.05) is 18.9 Å². The predicted molar refractivity (Wildman–Crippen MR) is 110 cm³/mol. The first-order valence-electron chi connectivity index (χ1n) is 9.65. The summed E-state index contributed by atoms with van der Waals surface area (Å²) >= 11 is 0. The zero-order chi connectivity index (χ0) is 22.1. The molecule has 9 heteroatoms. The molecule has 0 aliphatic heterocycles. The lowest BCUT2D eigenvalue weighted by atomic mass is 9.86. The van der Waals surface area contributed by atoms with Crippen molar-refractivity contribution in [3.8, 4) is 5.75 Å². The van der Waals surface area contributed by atoms with E-state index < -0.39 is 36.2 Å². The molecule has 1 aromatic carbocycles. The molecule has 1 aromatic heterocycles. The van der Waals surface area contributed by atoms with Crippen LogP contribution in [0.5, 0.6) is 5.75 Å². The van der Waals surface area contributed by atoms with E-state index in [1.807, 2.05) is 32.9 Å². The number of rotatable bonds is 7. The van der Waals surface area contributed by atoms with E-state index in [0.717, 1.165) is 18.4 Å². The number of aromatic amines is 1. The quantitative estimate of drug-likeness (QED) is 0.518. The molecule has 0 radical (unpaired) electrons. The van der Waals surface area contributed by atoms with E-state index in [9.17, 15) is 19.2 Å². The number of hydrogen-bond donors (Lipinski definition) is 2. The Hall–Kier alpha value is -3.36. The van der Waals surface area contributed by atoms with Crippen LogP contribution in [0.15, 0.2) is 33.9 Å². The topological polar surface area (TPSA) is 133 Å². The minimum absolute atomic E-state index is 0.125. The predicted octanol–water partition coefficient (Wildman–Crippen LogP) is 1.56. The van der Waals surface area contributed by atoms with Gasteiger partial charge in [0.15, 0.2) is 13.2 Å². The van der Waals surface area contributed by atoms with E-state index >= 15 is 0 Å². The molecule has 3 N–H and O–H groups in total. The maximum absolute atomic E-state index is 12.4. The number of hydrogen-bond acceptors (Lipinski definition) is 7. The Kier molecular flexibility index (Phi) is 5.82. The Morgan fingerprint density at radius 3 is 2.47 bits per heavy atom. The number of nitrogens with two attached hydrogens (primary N) is 1. The molecule has 160 valence electrons. The molecule has 0 atom stereocenters. The highest BCUT2D eigenvalue weighted by atomic mass is 16.6. The molecule has 9 nitrogen and oxygen atoms in total. The lowest BCUT2D eigenvalue weighted by Crippen LogP contribution is -2.37. The van der Waals surface area contributed by atoms with Gasteiger partial charge < -0.3 is 15.2 Å². The molecule has 0 bridgehead atoms. The molecular formula is C21H25N3O6. The number of aromatic nitrogens is 2. The second-order valence-corrected chi connectivity index (χ2v) is 8.24. The van der Waals surface area contributed by atoms with Gasteiger partial charge in [0.05, 0.1) is 0 Å². The van der Waals surface area contributed by atoms with Gasteiger partial charge in [-0.1, -0.05) is 39.0 Å². The number of nitrogens with zero attached hydrogens (tertiary/aromatic N) is 1. The first-order chi connectivity index (χ1) is 14.1. The number of anilines is 1. The summed E-state index contributed by atoms with van der Waals surface area (Å²) in [7, 11) is 0. The molecule has 3 rings (SSSR count). The van der Waals surface area contributed by atoms with Crippen LogP contribution < -0.4 is 21.7 Å². The number of ketones is 1. The molecule has 1 heterocycles. The van der Waals surface area contributed by atoms with Gasteiger partial charge in [-0.3, -0.25) is 19.1 Å². The van der Waals surface area contributed by atoms with Crippen molar-refractivity contribution in [3.63, 3.8) is 0 Å². The van der Waals surface area contributed by atoms with E-state index in [-0.39, 0.29) is 22.8 Å². The fraction of sp³-hybridized carbons (Fsp3) is 0.429. The van der Waals surface area contributed by atoms with Crippen LogP contribution in [0.3, 0.4) is 0 Å². The molecular weight excluding hydrogens is 390 g/mol. The number of benzene rings is 1. The van der Waals surface area contributed by atoms with Gasteiger partial charge in [-0.2, -0.15) is 0 Å². The lowest BCUT2D eigenvalue weighted by Gasteiger charge is -2.22. The number of ether oxygens (including phenoxy) is 2. The molecule has 1 aliphatic carbocycles. The average molecular weight is 415 g/mol. The van der Waals surface area contributed by atoms with E-state index in [1.54, 1.807) is 12.1 Å². The summed E-state index contributed by atoms with van der Waals surface area (Å²) in [5.74, 6) is -1.21. The van der Waals surface area contributed by atoms with Crippen LogP contribution in [-0.4, -0.2) is 34.5 Å². The molecule has 1 aliphatic rings. The van der Waals surface area contributed by atoms with E-state index in [0.29, 0.717) is 5.75 Å². The highest BCUT2D eigenvalue weighted by molar-refractivity contribution is 6.01. The van der Waals surface area contributed by atoms with Gasteiger partial charge in [0, 0.05) is 6.04 Å². The van der Waals surface area contributed by atoms with Crippen LogP contribution in [0.1, 0.15) is 55.6 Å². The van der Waals surface area contributed by atoms with Crippen molar-refractivity contribution in [3.05, 3.63) is 56.2 Å². The molecule has 0 amide bonds. The van der Waals surface area contributed by atoms with Crippen molar-refractivity contribution >= 4 is 17.6 Å². The van der Waals surface area contributed by atoms with Gasteiger partial charge in [0.1, 0.15) is 17.1 Å². The van der Waals surface area contributed by atoms with E-state index in [2.05, 4.69) is 4.98 Å². The number of esters is 1. The zero-order valence-electron chi connectivity index (χ0n) is 17.2. The van der Waals surface area contributed by atoms with Gasteiger partial charge in [0.2, 0.25) is 5.78 Å². The highest BCUT2D eigenvalue weighted by Gasteiger charge is 2.30. The van der Waals surface area contributed by atoms with Crippen LogP contribution in [0.4, 0.5) is 5.82 Å². The lowest BCUT2D eigenvalue weighted by molar-refractivity contribution is -0.144. The van der Waals surface area contributed by atoms with Crippen LogP contribution in [-0.2, 0) is 14.9 Å². The number of carbonyl (C=O) groups excluding carboxylic acids is 2. The normalized spacial score (nSPS) is 13.7. The maximum atomic E-state index is 12.4. The second kappa shape index (κ2) is 8.17. The third-order valence-corrected chi connectivity index (χ3v) is 4.78. The summed E-state index contributed by atoms with van der Waals surface area (Å²) in [5.41, 5.74) is 4.70. The summed E-state index contributed by atoms with van der Waals surface area (Å²) in [4.78, 5) is 50.5. The van der Waals surface area contributed by atoms with Crippen molar-refractivity contribution < 1.29 is 19.1 Å². The first-order valence-corrected chi connectivity index (χ1v) is 9.65. The summed E-state index contributed by atoms with van der Waals surface area (Å²) in [6, 6.07) is 7.21. The van der Waals surface area contributed by atoms with Crippen LogP contribution in [0.2, 0.25) is 0 Å².